The van der Waals surface area contributed by atoms with Crippen molar-refractivity contribution in [1.29, 1.82) is 5.26 Å². The van der Waals surface area contributed by atoms with Crippen LogP contribution in [0.5, 0.6) is 5.75 Å². The lowest BCUT2D eigenvalue weighted by atomic mass is 9.97. The molecular weight excluding hydrogens is 236 g/mol. The Hall–Kier alpha value is -1.53. The molecule has 1 rings (SSSR count). The number of nitriles is 1. The number of nitrogens with zero attached hydrogens (tertiary/aromatic N) is 1. The van der Waals surface area contributed by atoms with Crippen molar-refractivity contribution in [3.05, 3.63) is 29.3 Å². The van der Waals surface area contributed by atoms with Gasteiger partial charge in [-0.1, -0.05) is 26.0 Å². The van der Waals surface area contributed by atoms with Crippen LogP contribution in [-0.4, -0.2) is 13.2 Å². The molecule has 1 unspecified atom stereocenters. The van der Waals surface area contributed by atoms with Gasteiger partial charge in [0, 0.05) is 13.1 Å². The fraction of sp³-hybridized carbons (Fsp3) is 0.562. The molecule has 0 saturated heterocycles. The third-order valence-corrected chi connectivity index (χ3v) is 3.20. The van der Waals surface area contributed by atoms with Crippen LogP contribution in [0.2, 0.25) is 0 Å². The Bertz CT molecular complexity index is 435. The molecule has 0 heterocycles. The Morgan fingerprint density at radius 3 is 2.63 bits per heavy atom. The average molecular weight is 260 g/mol. The van der Waals surface area contributed by atoms with Gasteiger partial charge < -0.3 is 10.1 Å². The molecule has 0 fully saturated rings. The Morgan fingerprint density at radius 2 is 2.11 bits per heavy atom. The monoisotopic (exact) mass is 260 g/mol. The van der Waals surface area contributed by atoms with Crippen molar-refractivity contribution in [3.63, 3.8) is 0 Å². The minimum atomic E-state index is 0.0730. The summed E-state index contributed by atoms with van der Waals surface area (Å²) < 4.78 is 5.52. The van der Waals surface area contributed by atoms with E-state index in [2.05, 4.69) is 44.3 Å². The largest absolute Gasteiger partial charge is 0.494 e. The molecule has 0 radical (unpaired) electrons. The summed E-state index contributed by atoms with van der Waals surface area (Å²) in [7, 11) is 0. The van der Waals surface area contributed by atoms with Crippen molar-refractivity contribution in [2.45, 2.75) is 34.2 Å². The highest BCUT2D eigenvalue weighted by molar-refractivity contribution is 5.36. The van der Waals surface area contributed by atoms with E-state index in [1.54, 1.807) is 0 Å². The lowest BCUT2D eigenvalue weighted by molar-refractivity contribution is 0.337. The highest BCUT2D eigenvalue weighted by Crippen LogP contribution is 2.19. The Kier molecular flexibility index (Phi) is 6.38. The maximum Gasteiger partial charge on any atom is 0.122 e. The van der Waals surface area contributed by atoms with Crippen molar-refractivity contribution in [3.8, 4) is 11.8 Å². The zero-order valence-corrected chi connectivity index (χ0v) is 12.4. The molecule has 3 heteroatoms. The van der Waals surface area contributed by atoms with Crippen molar-refractivity contribution >= 4 is 0 Å². The summed E-state index contributed by atoms with van der Waals surface area (Å²) >= 11 is 0. The minimum Gasteiger partial charge on any atom is -0.494 e. The molecule has 0 saturated carbocycles. The van der Waals surface area contributed by atoms with Crippen molar-refractivity contribution in [2.24, 2.45) is 11.8 Å². The summed E-state index contributed by atoms with van der Waals surface area (Å²) in [4.78, 5) is 0. The smallest absolute Gasteiger partial charge is 0.122 e. The first-order valence-electron chi connectivity index (χ1n) is 6.91. The molecule has 0 amide bonds. The predicted octanol–water partition coefficient (Wildman–Crippen LogP) is 3.28. The molecule has 1 aromatic carbocycles. The molecule has 0 aliphatic rings. The molecule has 0 aliphatic carbocycles. The number of nitrogens with one attached hydrogen (secondary N) is 1. The van der Waals surface area contributed by atoms with Gasteiger partial charge in [-0.15, -0.1) is 0 Å². The number of hydrogen-bond donors (Lipinski definition) is 1. The van der Waals surface area contributed by atoms with Crippen LogP contribution in [0.4, 0.5) is 0 Å². The van der Waals surface area contributed by atoms with E-state index in [1.807, 2.05) is 13.0 Å². The van der Waals surface area contributed by atoms with Crippen LogP contribution >= 0.6 is 0 Å². The van der Waals surface area contributed by atoms with E-state index in [1.165, 1.54) is 5.56 Å². The lowest BCUT2D eigenvalue weighted by Crippen LogP contribution is -2.24. The first kappa shape index (κ1) is 15.5. The molecule has 0 aliphatic heterocycles. The Balaban J connectivity index is 2.50. The summed E-state index contributed by atoms with van der Waals surface area (Å²) in [5.74, 6) is 1.41. The van der Waals surface area contributed by atoms with Gasteiger partial charge in [-0.25, -0.2) is 0 Å². The second-order valence-electron chi connectivity index (χ2n) is 5.14. The summed E-state index contributed by atoms with van der Waals surface area (Å²) in [6, 6.07) is 8.56. The van der Waals surface area contributed by atoms with Crippen molar-refractivity contribution < 1.29 is 4.74 Å². The van der Waals surface area contributed by atoms with Crippen LogP contribution in [-0.2, 0) is 6.54 Å². The fourth-order valence-electron chi connectivity index (χ4n) is 1.94. The molecule has 1 aromatic rings. The summed E-state index contributed by atoms with van der Waals surface area (Å²) in [5, 5.41) is 12.4. The maximum atomic E-state index is 9.03. The normalized spacial score (nSPS) is 12.2. The molecule has 3 nitrogen and oxygen atoms in total. The second kappa shape index (κ2) is 7.81. The molecule has 104 valence electrons. The van der Waals surface area contributed by atoms with Gasteiger partial charge in [0.2, 0.25) is 0 Å². The molecule has 19 heavy (non-hydrogen) atoms. The topological polar surface area (TPSA) is 45.0 Å². The Morgan fingerprint density at radius 1 is 1.37 bits per heavy atom. The van der Waals surface area contributed by atoms with Crippen molar-refractivity contribution in [2.75, 3.05) is 13.2 Å². The summed E-state index contributed by atoms with van der Waals surface area (Å²) in [6.45, 7) is 10.4. The predicted molar refractivity (Wildman–Crippen MR) is 78.0 cm³/mol. The van der Waals surface area contributed by atoms with Gasteiger partial charge >= 0.3 is 0 Å². The van der Waals surface area contributed by atoms with Crippen LogP contribution < -0.4 is 10.1 Å². The highest BCUT2D eigenvalue weighted by atomic mass is 16.5. The molecule has 1 N–H and O–H groups in total. The molecule has 0 aromatic heterocycles. The van der Waals surface area contributed by atoms with Crippen LogP contribution in [0.1, 0.15) is 31.9 Å². The van der Waals surface area contributed by atoms with Gasteiger partial charge in [0.05, 0.1) is 18.6 Å². The van der Waals surface area contributed by atoms with Crippen LogP contribution in [0.15, 0.2) is 18.2 Å². The van der Waals surface area contributed by atoms with E-state index in [0.29, 0.717) is 12.5 Å². The van der Waals surface area contributed by atoms with Gasteiger partial charge in [0.1, 0.15) is 5.75 Å². The number of hydrogen-bond acceptors (Lipinski definition) is 3. The van der Waals surface area contributed by atoms with Gasteiger partial charge in [-0.05, 0) is 37.0 Å². The third kappa shape index (κ3) is 4.92. The quantitative estimate of drug-likeness (QED) is 0.818. The third-order valence-electron chi connectivity index (χ3n) is 3.20. The fourth-order valence-corrected chi connectivity index (χ4v) is 1.94. The van der Waals surface area contributed by atoms with Crippen LogP contribution in [0.3, 0.4) is 0 Å². The average Bonchev–Trinajstić information content (AvgIpc) is 2.37. The first-order valence-corrected chi connectivity index (χ1v) is 6.91. The number of rotatable bonds is 7. The standard InChI is InChI=1S/C16H24N2O/c1-5-19-16-7-6-14(8-13(16)4)10-18-11-15(9-17)12(2)3/h6-8,12,15,18H,5,10-11H2,1-4H3. The van der Waals surface area contributed by atoms with Crippen LogP contribution in [0.25, 0.3) is 0 Å². The molecule has 1 atom stereocenters. The molecule has 0 spiro atoms. The number of ether oxygens (including phenoxy) is 1. The van der Waals surface area contributed by atoms with E-state index in [-0.39, 0.29) is 5.92 Å². The number of benzene rings is 1. The lowest BCUT2D eigenvalue weighted by Gasteiger charge is -2.14. The molecular formula is C16H24N2O. The van der Waals surface area contributed by atoms with Gasteiger partial charge in [0.25, 0.3) is 0 Å². The molecule has 0 bridgehead atoms. The maximum absolute atomic E-state index is 9.03. The van der Waals surface area contributed by atoms with Gasteiger partial charge in [0.15, 0.2) is 0 Å². The summed E-state index contributed by atoms with van der Waals surface area (Å²) in [6.07, 6.45) is 0. The van der Waals surface area contributed by atoms with Gasteiger partial charge in [-0.3, -0.25) is 0 Å². The van der Waals surface area contributed by atoms with E-state index < -0.39 is 0 Å². The summed E-state index contributed by atoms with van der Waals surface area (Å²) in [5.41, 5.74) is 2.38. The minimum absolute atomic E-state index is 0.0730. The van der Waals surface area contributed by atoms with Crippen molar-refractivity contribution in [1.82, 2.24) is 5.32 Å². The van der Waals surface area contributed by atoms with Gasteiger partial charge in [-0.2, -0.15) is 5.26 Å². The first-order chi connectivity index (χ1) is 9.08. The van der Waals surface area contributed by atoms with E-state index in [0.717, 1.165) is 24.4 Å². The highest BCUT2D eigenvalue weighted by Gasteiger charge is 2.11. The second-order valence-corrected chi connectivity index (χ2v) is 5.14. The zero-order chi connectivity index (χ0) is 14.3. The zero-order valence-electron chi connectivity index (χ0n) is 12.4. The van der Waals surface area contributed by atoms with E-state index in [9.17, 15) is 0 Å². The van der Waals surface area contributed by atoms with E-state index >= 15 is 0 Å². The van der Waals surface area contributed by atoms with Crippen LogP contribution in [0, 0.1) is 30.1 Å². The SMILES string of the molecule is CCOc1ccc(CNCC(C#N)C(C)C)cc1C. The number of aryl methyl sites for hydroxylation is 1. The van der Waals surface area contributed by atoms with E-state index in [4.69, 9.17) is 10.00 Å². The Labute approximate surface area is 116 Å².